The molecule has 1 aliphatic carbocycles. The topological polar surface area (TPSA) is 93.1 Å². The summed E-state index contributed by atoms with van der Waals surface area (Å²) >= 11 is 0. The van der Waals surface area contributed by atoms with Crippen molar-refractivity contribution < 1.29 is 29.0 Å². The van der Waals surface area contributed by atoms with Gasteiger partial charge in [0.05, 0.1) is 7.11 Å². The van der Waals surface area contributed by atoms with E-state index < -0.39 is 29.6 Å². The fourth-order valence-electron chi connectivity index (χ4n) is 3.71. The van der Waals surface area contributed by atoms with Gasteiger partial charge in [-0.05, 0) is 18.4 Å². The molecule has 1 amide bonds. The Hall–Kier alpha value is -2.83. The number of hydrogen-bond donors (Lipinski definition) is 1. The summed E-state index contributed by atoms with van der Waals surface area (Å²) < 4.78 is 10.1. The number of methoxy groups -OCH3 is 1. The van der Waals surface area contributed by atoms with Gasteiger partial charge in [-0.1, -0.05) is 49.6 Å². The van der Waals surface area contributed by atoms with Gasteiger partial charge in [0.1, 0.15) is 12.2 Å². The highest BCUT2D eigenvalue weighted by atomic mass is 16.5. The number of ether oxygens (including phenoxy) is 2. The molecule has 0 aromatic heterocycles. The molecule has 1 fully saturated rings. The second-order valence-electron chi connectivity index (χ2n) is 6.75. The molecule has 2 aliphatic rings. The van der Waals surface area contributed by atoms with Gasteiger partial charge in [0.25, 0.3) is 5.91 Å². The highest BCUT2D eigenvalue weighted by molar-refractivity contribution is 6.11. The second kappa shape index (κ2) is 8.24. The molecule has 0 spiro atoms. The molecule has 1 aromatic carbocycles. The molecule has 1 heterocycles. The van der Waals surface area contributed by atoms with Crippen LogP contribution in [0.25, 0.3) is 0 Å². The normalized spacial score (nSPS) is 20.7. The largest absolute Gasteiger partial charge is 0.503 e. The van der Waals surface area contributed by atoms with Gasteiger partial charge in [0, 0.05) is 6.04 Å². The summed E-state index contributed by atoms with van der Waals surface area (Å²) in [5, 5.41) is 10.3. The average molecular weight is 373 g/mol. The Labute approximate surface area is 157 Å². The van der Waals surface area contributed by atoms with Crippen LogP contribution >= 0.6 is 0 Å². The summed E-state index contributed by atoms with van der Waals surface area (Å²) in [6.45, 7) is -0.0258. The third-order valence-corrected chi connectivity index (χ3v) is 5.07. The number of carbonyl (C=O) groups is 3. The molecule has 1 saturated carbocycles. The van der Waals surface area contributed by atoms with Crippen molar-refractivity contribution in [2.75, 3.05) is 7.11 Å². The quantitative estimate of drug-likeness (QED) is 0.796. The standard InChI is InChI=1S/C20H23NO6/c1-26-20(25)16-15(19(24)27-12-13-8-4-2-5-9-13)17(22)18(23)21(16)14-10-6-3-7-11-14/h2,4-5,8-9,14,16,22H,3,6-7,10-12H2,1H3/t16-/m0/s1. The molecule has 27 heavy (non-hydrogen) atoms. The molecule has 0 unspecified atom stereocenters. The molecule has 1 N–H and O–H groups in total. The molecule has 7 nitrogen and oxygen atoms in total. The van der Waals surface area contributed by atoms with E-state index in [0.717, 1.165) is 37.7 Å². The molecule has 1 aromatic rings. The number of aliphatic hydroxyl groups excluding tert-OH is 1. The van der Waals surface area contributed by atoms with Crippen LogP contribution in [0.1, 0.15) is 37.7 Å². The summed E-state index contributed by atoms with van der Waals surface area (Å²) in [6, 6.07) is 7.54. The number of hydrogen-bond acceptors (Lipinski definition) is 6. The van der Waals surface area contributed by atoms with Crippen molar-refractivity contribution in [1.29, 1.82) is 0 Å². The predicted molar refractivity (Wildman–Crippen MR) is 95.4 cm³/mol. The lowest BCUT2D eigenvalue weighted by atomic mass is 9.93. The number of nitrogens with zero attached hydrogens (tertiary/aromatic N) is 1. The summed E-state index contributed by atoms with van der Waals surface area (Å²) in [4.78, 5) is 38.9. The number of esters is 2. The second-order valence-corrected chi connectivity index (χ2v) is 6.75. The number of rotatable bonds is 5. The Balaban J connectivity index is 1.83. The van der Waals surface area contributed by atoms with Crippen molar-refractivity contribution in [3.8, 4) is 0 Å². The van der Waals surface area contributed by atoms with Crippen molar-refractivity contribution in [3.63, 3.8) is 0 Å². The van der Waals surface area contributed by atoms with Crippen molar-refractivity contribution >= 4 is 17.8 Å². The van der Waals surface area contributed by atoms with E-state index in [4.69, 9.17) is 9.47 Å². The number of aliphatic hydroxyl groups is 1. The van der Waals surface area contributed by atoms with Crippen LogP contribution in [0.4, 0.5) is 0 Å². The zero-order chi connectivity index (χ0) is 19.4. The Kier molecular flexibility index (Phi) is 5.78. The summed E-state index contributed by atoms with van der Waals surface area (Å²) in [6.07, 6.45) is 4.36. The van der Waals surface area contributed by atoms with Gasteiger partial charge < -0.3 is 19.5 Å². The molecule has 144 valence electrons. The van der Waals surface area contributed by atoms with E-state index in [0.29, 0.717) is 0 Å². The van der Waals surface area contributed by atoms with E-state index in [1.165, 1.54) is 12.0 Å². The summed E-state index contributed by atoms with van der Waals surface area (Å²) in [5.41, 5.74) is 0.419. The minimum atomic E-state index is -1.27. The number of benzene rings is 1. The Morgan fingerprint density at radius 3 is 2.44 bits per heavy atom. The van der Waals surface area contributed by atoms with E-state index in [2.05, 4.69) is 0 Å². The zero-order valence-corrected chi connectivity index (χ0v) is 15.2. The van der Waals surface area contributed by atoms with E-state index in [9.17, 15) is 19.5 Å². The maximum absolute atomic E-state index is 12.6. The molecule has 3 rings (SSSR count). The van der Waals surface area contributed by atoms with Gasteiger partial charge >= 0.3 is 11.9 Å². The first-order valence-electron chi connectivity index (χ1n) is 9.09. The lowest BCUT2D eigenvalue weighted by Crippen LogP contribution is -2.49. The van der Waals surface area contributed by atoms with Gasteiger partial charge in [-0.3, -0.25) is 4.79 Å². The van der Waals surface area contributed by atoms with E-state index in [-0.39, 0.29) is 18.2 Å². The predicted octanol–water partition coefficient (Wildman–Crippen LogP) is 2.26. The molecular formula is C20H23NO6. The van der Waals surface area contributed by atoms with Gasteiger partial charge in [-0.2, -0.15) is 0 Å². The van der Waals surface area contributed by atoms with Gasteiger partial charge in [0.2, 0.25) is 0 Å². The van der Waals surface area contributed by atoms with E-state index in [1.807, 2.05) is 6.07 Å². The molecule has 0 bridgehead atoms. The highest BCUT2D eigenvalue weighted by Crippen LogP contribution is 2.34. The smallest absolute Gasteiger partial charge is 0.341 e. The minimum Gasteiger partial charge on any atom is -0.503 e. The summed E-state index contributed by atoms with van der Waals surface area (Å²) in [5.74, 6) is -3.10. The van der Waals surface area contributed by atoms with Crippen LogP contribution in [0.15, 0.2) is 41.7 Å². The Morgan fingerprint density at radius 1 is 1.15 bits per heavy atom. The molecule has 1 atom stereocenters. The SMILES string of the molecule is COC(=O)[C@@H]1C(C(=O)OCc2ccccc2)=C(O)C(=O)N1C1CCCCC1. The molecule has 0 radical (unpaired) electrons. The van der Waals surface area contributed by atoms with Crippen molar-refractivity contribution in [3.05, 3.63) is 47.2 Å². The minimum absolute atomic E-state index is 0.0258. The number of carbonyl (C=O) groups excluding carboxylic acids is 3. The van der Waals surface area contributed by atoms with Crippen LogP contribution < -0.4 is 0 Å². The fourth-order valence-corrected chi connectivity index (χ4v) is 3.71. The van der Waals surface area contributed by atoms with Gasteiger partial charge in [-0.25, -0.2) is 9.59 Å². The molecule has 1 aliphatic heterocycles. The highest BCUT2D eigenvalue weighted by Gasteiger charge is 2.50. The summed E-state index contributed by atoms with van der Waals surface area (Å²) in [7, 11) is 1.19. The average Bonchev–Trinajstić information content (AvgIpc) is 2.98. The van der Waals surface area contributed by atoms with Gasteiger partial charge in [0.15, 0.2) is 11.8 Å². The molecule has 7 heteroatoms. The van der Waals surface area contributed by atoms with E-state index >= 15 is 0 Å². The lowest BCUT2D eigenvalue weighted by molar-refractivity contribution is -0.153. The van der Waals surface area contributed by atoms with Crippen LogP contribution in [0.2, 0.25) is 0 Å². The zero-order valence-electron chi connectivity index (χ0n) is 15.2. The number of amides is 1. The monoisotopic (exact) mass is 373 g/mol. The van der Waals surface area contributed by atoms with Crippen molar-refractivity contribution in [1.82, 2.24) is 4.90 Å². The first-order chi connectivity index (χ1) is 13.0. The van der Waals surface area contributed by atoms with E-state index in [1.54, 1.807) is 24.3 Å². The fraction of sp³-hybridized carbons (Fsp3) is 0.450. The van der Waals surface area contributed by atoms with Crippen molar-refractivity contribution in [2.24, 2.45) is 0 Å². The maximum atomic E-state index is 12.6. The van der Waals surface area contributed by atoms with Crippen LogP contribution in [-0.2, 0) is 30.5 Å². The van der Waals surface area contributed by atoms with Crippen LogP contribution in [0, 0.1) is 0 Å². The van der Waals surface area contributed by atoms with Crippen LogP contribution in [0.5, 0.6) is 0 Å². The lowest BCUT2D eigenvalue weighted by Gasteiger charge is -2.34. The maximum Gasteiger partial charge on any atom is 0.341 e. The third-order valence-electron chi connectivity index (χ3n) is 5.07. The Morgan fingerprint density at radius 2 is 1.81 bits per heavy atom. The molecule has 0 saturated heterocycles. The molecular weight excluding hydrogens is 350 g/mol. The first-order valence-corrected chi connectivity index (χ1v) is 9.09. The third kappa shape index (κ3) is 3.82. The van der Waals surface area contributed by atoms with Crippen molar-refractivity contribution in [2.45, 2.75) is 50.8 Å². The van der Waals surface area contributed by atoms with Crippen LogP contribution in [-0.4, -0.2) is 47.0 Å². The Bertz CT molecular complexity index is 751. The first kappa shape index (κ1) is 18.9. The van der Waals surface area contributed by atoms with Gasteiger partial charge in [-0.15, -0.1) is 0 Å². The van der Waals surface area contributed by atoms with Crippen LogP contribution in [0.3, 0.4) is 0 Å².